The predicted molar refractivity (Wildman–Crippen MR) is 75.3 cm³/mol. The van der Waals surface area contributed by atoms with Crippen LogP contribution in [0.15, 0.2) is 16.7 Å². The first-order chi connectivity index (χ1) is 8.24. The normalized spacial score (nSPS) is 20.6. The number of anilines is 1. The maximum atomic E-state index is 5.71. The highest BCUT2D eigenvalue weighted by Gasteiger charge is 2.24. The molecule has 1 fully saturated rings. The number of hydrogen-bond donors (Lipinski definition) is 1. The third-order valence-corrected chi connectivity index (χ3v) is 4.44. The van der Waals surface area contributed by atoms with Crippen molar-refractivity contribution < 1.29 is 0 Å². The summed E-state index contributed by atoms with van der Waals surface area (Å²) in [5.74, 6) is 1.09. The van der Waals surface area contributed by atoms with Crippen LogP contribution >= 0.6 is 15.9 Å². The highest BCUT2D eigenvalue weighted by Crippen LogP contribution is 2.32. The zero-order chi connectivity index (χ0) is 12.3. The van der Waals surface area contributed by atoms with Gasteiger partial charge in [-0.2, -0.15) is 0 Å². The number of aromatic nitrogens is 1. The summed E-state index contributed by atoms with van der Waals surface area (Å²) >= 11 is 3.66. The van der Waals surface area contributed by atoms with E-state index < -0.39 is 0 Å². The van der Waals surface area contributed by atoms with Crippen molar-refractivity contribution in [1.82, 2.24) is 4.98 Å². The van der Waals surface area contributed by atoms with Crippen LogP contribution in [0.1, 0.15) is 31.2 Å². The van der Waals surface area contributed by atoms with Gasteiger partial charge in [-0.3, -0.25) is 0 Å². The SMILES string of the molecule is Cc1ccnc(N2CCCCC2CCN)c1Br. The van der Waals surface area contributed by atoms with E-state index in [2.05, 4.69) is 32.7 Å². The number of hydrogen-bond acceptors (Lipinski definition) is 3. The van der Waals surface area contributed by atoms with Crippen molar-refractivity contribution in [3.63, 3.8) is 0 Å². The maximum absolute atomic E-state index is 5.71. The second-order valence-electron chi connectivity index (χ2n) is 4.69. The Hall–Kier alpha value is -0.610. The van der Waals surface area contributed by atoms with Crippen molar-refractivity contribution in [3.8, 4) is 0 Å². The molecule has 94 valence electrons. The number of nitrogens with zero attached hydrogens (tertiary/aromatic N) is 2. The highest BCUT2D eigenvalue weighted by molar-refractivity contribution is 9.10. The van der Waals surface area contributed by atoms with Crippen LogP contribution in [0.2, 0.25) is 0 Å². The van der Waals surface area contributed by atoms with Gasteiger partial charge < -0.3 is 10.6 Å². The zero-order valence-corrected chi connectivity index (χ0v) is 11.9. The van der Waals surface area contributed by atoms with Crippen LogP contribution in [0.25, 0.3) is 0 Å². The smallest absolute Gasteiger partial charge is 0.143 e. The van der Waals surface area contributed by atoms with Crippen LogP contribution in [0.5, 0.6) is 0 Å². The average molecular weight is 298 g/mol. The summed E-state index contributed by atoms with van der Waals surface area (Å²) in [6.07, 6.45) is 6.75. The van der Waals surface area contributed by atoms with Crippen molar-refractivity contribution in [2.45, 2.75) is 38.6 Å². The molecule has 2 N–H and O–H groups in total. The molecule has 4 heteroatoms. The van der Waals surface area contributed by atoms with Gasteiger partial charge in [0.25, 0.3) is 0 Å². The molecule has 0 saturated carbocycles. The summed E-state index contributed by atoms with van der Waals surface area (Å²) in [7, 11) is 0. The molecule has 1 aliphatic heterocycles. The molecular formula is C13H20BrN3. The molecule has 1 atom stereocenters. The van der Waals surface area contributed by atoms with E-state index in [1.165, 1.54) is 24.8 Å². The Balaban J connectivity index is 2.26. The van der Waals surface area contributed by atoms with Crippen LogP contribution in [-0.4, -0.2) is 24.1 Å². The number of piperidine rings is 1. The van der Waals surface area contributed by atoms with Gasteiger partial charge in [-0.25, -0.2) is 4.98 Å². The van der Waals surface area contributed by atoms with E-state index in [0.717, 1.165) is 29.8 Å². The van der Waals surface area contributed by atoms with Gasteiger partial charge in [0.15, 0.2) is 0 Å². The standard InChI is InChI=1S/C13H20BrN3/c1-10-6-8-16-13(12(10)14)17-9-3-2-4-11(17)5-7-15/h6,8,11H,2-5,7,9,15H2,1H3. The van der Waals surface area contributed by atoms with Gasteiger partial charge in [0.2, 0.25) is 0 Å². The van der Waals surface area contributed by atoms with E-state index in [0.29, 0.717) is 6.04 Å². The van der Waals surface area contributed by atoms with Crippen molar-refractivity contribution in [1.29, 1.82) is 0 Å². The second kappa shape index (κ2) is 5.83. The van der Waals surface area contributed by atoms with Crippen LogP contribution in [0.3, 0.4) is 0 Å². The number of pyridine rings is 1. The first kappa shape index (κ1) is 12.8. The lowest BCUT2D eigenvalue weighted by molar-refractivity contribution is 0.438. The molecule has 0 radical (unpaired) electrons. The van der Waals surface area contributed by atoms with Crippen LogP contribution in [0.4, 0.5) is 5.82 Å². The van der Waals surface area contributed by atoms with Crippen LogP contribution in [0, 0.1) is 6.92 Å². The summed E-state index contributed by atoms with van der Waals surface area (Å²) in [5.41, 5.74) is 6.95. The molecule has 1 aliphatic rings. The molecule has 0 bridgehead atoms. The van der Waals surface area contributed by atoms with Gasteiger partial charge in [-0.15, -0.1) is 0 Å². The van der Waals surface area contributed by atoms with Gasteiger partial charge >= 0.3 is 0 Å². The number of aryl methyl sites for hydroxylation is 1. The van der Waals surface area contributed by atoms with E-state index in [1.807, 2.05) is 12.3 Å². The quantitative estimate of drug-likeness (QED) is 0.933. The Morgan fingerprint density at radius 2 is 2.35 bits per heavy atom. The summed E-state index contributed by atoms with van der Waals surface area (Å²) < 4.78 is 1.13. The Labute approximate surface area is 112 Å². The largest absolute Gasteiger partial charge is 0.353 e. The monoisotopic (exact) mass is 297 g/mol. The Bertz CT molecular complexity index is 379. The minimum atomic E-state index is 0.555. The molecule has 0 amide bonds. The molecule has 3 nitrogen and oxygen atoms in total. The van der Waals surface area contributed by atoms with E-state index in [-0.39, 0.29) is 0 Å². The fourth-order valence-electron chi connectivity index (χ4n) is 2.50. The van der Waals surface area contributed by atoms with E-state index >= 15 is 0 Å². The van der Waals surface area contributed by atoms with Crippen LogP contribution < -0.4 is 10.6 Å². The fraction of sp³-hybridized carbons (Fsp3) is 0.615. The van der Waals surface area contributed by atoms with Gasteiger partial charge in [-0.1, -0.05) is 0 Å². The third-order valence-electron chi connectivity index (χ3n) is 3.46. The van der Waals surface area contributed by atoms with Crippen molar-refractivity contribution in [3.05, 3.63) is 22.3 Å². The second-order valence-corrected chi connectivity index (χ2v) is 5.48. The molecule has 1 saturated heterocycles. The van der Waals surface area contributed by atoms with E-state index in [4.69, 9.17) is 5.73 Å². The third kappa shape index (κ3) is 2.80. The molecule has 0 aliphatic carbocycles. The summed E-state index contributed by atoms with van der Waals surface area (Å²) in [6, 6.07) is 2.59. The lowest BCUT2D eigenvalue weighted by Gasteiger charge is -2.37. The molecule has 0 aromatic carbocycles. The topological polar surface area (TPSA) is 42.2 Å². The molecule has 2 heterocycles. The van der Waals surface area contributed by atoms with Crippen molar-refractivity contribution in [2.24, 2.45) is 5.73 Å². The number of nitrogens with two attached hydrogens (primary N) is 1. The lowest BCUT2D eigenvalue weighted by Crippen LogP contribution is -2.41. The van der Waals surface area contributed by atoms with E-state index in [1.54, 1.807) is 0 Å². The van der Waals surface area contributed by atoms with Crippen molar-refractivity contribution >= 4 is 21.7 Å². The molecule has 2 rings (SSSR count). The highest BCUT2D eigenvalue weighted by atomic mass is 79.9. The maximum Gasteiger partial charge on any atom is 0.143 e. The molecule has 0 spiro atoms. The Morgan fingerprint density at radius 3 is 3.12 bits per heavy atom. The summed E-state index contributed by atoms with van der Waals surface area (Å²) in [5, 5.41) is 0. The first-order valence-electron chi connectivity index (χ1n) is 6.32. The number of rotatable bonds is 3. The summed E-state index contributed by atoms with van der Waals surface area (Å²) in [4.78, 5) is 6.96. The number of halogens is 1. The average Bonchev–Trinajstić information content (AvgIpc) is 2.34. The minimum absolute atomic E-state index is 0.555. The Kier molecular flexibility index (Phi) is 4.40. The molecule has 1 aromatic heterocycles. The molecule has 1 unspecified atom stereocenters. The molecular weight excluding hydrogens is 278 g/mol. The minimum Gasteiger partial charge on any atom is -0.353 e. The predicted octanol–water partition coefficient (Wildman–Crippen LogP) is 2.86. The van der Waals surface area contributed by atoms with Crippen LogP contribution in [-0.2, 0) is 0 Å². The van der Waals surface area contributed by atoms with Gasteiger partial charge in [0.05, 0.1) is 4.47 Å². The van der Waals surface area contributed by atoms with Gasteiger partial charge in [-0.05, 0) is 66.7 Å². The van der Waals surface area contributed by atoms with Gasteiger partial charge in [0, 0.05) is 18.8 Å². The van der Waals surface area contributed by atoms with Gasteiger partial charge in [0.1, 0.15) is 5.82 Å². The molecule has 17 heavy (non-hydrogen) atoms. The first-order valence-corrected chi connectivity index (χ1v) is 7.11. The zero-order valence-electron chi connectivity index (χ0n) is 10.3. The van der Waals surface area contributed by atoms with E-state index in [9.17, 15) is 0 Å². The fourth-order valence-corrected chi connectivity index (χ4v) is 2.96. The lowest BCUT2D eigenvalue weighted by atomic mass is 9.99. The molecule has 1 aromatic rings. The summed E-state index contributed by atoms with van der Waals surface area (Å²) in [6.45, 7) is 3.96. The van der Waals surface area contributed by atoms with Crippen molar-refractivity contribution in [2.75, 3.05) is 18.0 Å². The Morgan fingerprint density at radius 1 is 1.53 bits per heavy atom.